The Bertz CT molecular complexity index is 668. The number of thiophene rings is 1. The van der Waals surface area contributed by atoms with Crippen LogP contribution < -0.4 is 10.6 Å². The lowest BCUT2D eigenvalue weighted by atomic mass is 10.2. The van der Waals surface area contributed by atoms with Gasteiger partial charge in [-0.1, -0.05) is 0 Å². The molecular formula is C13H15ClN4OS. The van der Waals surface area contributed by atoms with Crippen LogP contribution in [0.3, 0.4) is 0 Å². The molecule has 3 rings (SSSR count). The van der Waals surface area contributed by atoms with E-state index in [9.17, 15) is 4.79 Å². The van der Waals surface area contributed by atoms with Crippen LogP contribution in [0.5, 0.6) is 0 Å². The molecule has 2 heterocycles. The first-order chi connectivity index (χ1) is 9.52. The van der Waals surface area contributed by atoms with E-state index >= 15 is 0 Å². The normalized spacial score (nSPS) is 16.1. The highest BCUT2D eigenvalue weighted by molar-refractivity contribution is 7.18. The summed E-state index contributed by atoms with van der Waals surface area (Å²) in [6, 6.07) is 2.00. The van der Waals surface area contributed by atoms with Crippen LogP contribution in [0.4, 0.5) is 5.82 Å². The van der Waals surface area contributed by atoms with Gasteiger partial charge in [0.25, 0.3) is 0 Å². The van der Waals surface area contributed by atoms with Gasteiger partial charge in [-0.25, -0.2) is 9.97 Å². The van der Waals surface area contributed by atoms with Gasteiger partial charge in [-0.3, -0.25) is 4.79 Å². The van der Waals surface area contributed by atoms with E-state index in [4.69, 9.17) is 11.6 Å². The number of anilines is 1. The fourth-order valence-corrected chi connectivity index (χ4v) is 3.05. The molecule has 0 aromatic carbocycles. The molecule has 2 N–H and O–H groups in total. The Morgan fingerprint density at radius 1 is 1.50 bits per heavy atom. The van der Waals surface area contributed by atoms with Crippen LogP contribution in [0.1, 0.15) is 24.6 Å². The summed E-state index contributed by atoms with van der Waals surface area (Å²) in [5, 5.41) is 7.19. The zero-order valence-corrected chi connectivity index (χ0v) is 12.8. The summed E-state index contributed by atoms with van der Waals surface area (Å²) >= 11 is 7.49. The van der Waals surface area contributed by atoms with Crippen LogP contribution in [-0.2, 0) is 4.79 Å². The second-order valence-corrected chi connectivity index (χ2v) is 6.64. The Balaban J connectivity index is 1.83. The Morgan fingerprint density at radius 2 is 2.25 bits per heavy atom. The molecule has 106 valence electrons. The van der Waals surface area contributed by atoms with Crippen molar-refractivity contribution in [2.24, 2.45) is 0 Å². The number of hydrogen-bond donors (Lipinski definition) is 2. The molecular weight excluding hydrogens is 296 g/mol. The molecule has 0 radical (unpaired) electrons. The summed E-state index contributed by atoms with van der Waals surface area (Å²) in [7, 11) is 0. The number of aryl methyl sites for hydroxylation is 1. The molecule has 0 bridgehead atoms. The maximum atomic E-state index is 12.0. The van der Waals surface area contributed by atoms with Crippen molar-refractivity contribution in [3.63, 3.8) is 0 Å². The maximum absolute atomic E-state index is 12.0. The minimum Gasteiger partial charge on any atom is -0.358 e. The molecule has 1 atom stereocenters. The predicted octanol–water partition coefficient (Wildman–Crippen LogP) is 2.73. The number of amides is 1. The molecule has 0 aliphatic heterocycles. The van der Waals surface area contributed by atoms with Crippen LogP contribution in [0.2, 0.25) is 5.28 Å². The van der Waals surface area contributed by atoms with Crippen molar-refractivity contribution in [3.8, 4) is 0 Å². The summed E-state index contributed by atoms with van der Waals surface area (Å²) in [6.07, 6.45) is 2.15. The minimum absolute atomic E-state index is 0.0117. The van der Waals surface area contributed by atoms with Crippen LogP contribution in [0.25, 0.3) is 10.2 Å². The van der Waals surface area contributed by atoms with Gasteiger partial charge in [0.1, 0.15) is 16.7 Å². The summed E-state index contributed by atoms with van der Waals surface area (Å²) in [4.78, 5) is 22.3. The molecule has 20 heavy (non-hydrogen) atoms. The number of nitrogens with zero attached hydrogens (tertiary/aromatic N) is 2. The molecule has 0 saturated heterocycles. The molecule has 0 spiro atoms. The molecule has 1 unspecified atom stereocenters. The number of carbonyl (C=O) groups is 1. The Morgan fingerprint density at radius 3 is 2.95 bits per heavy atom. The topological polar surface area (TPSA) is 66.9 Å². The average molecular weight is 311 g/mol. The van der Waals surface area contributed by atoms with Gasteiger partial charge in [0, 0.05) is 10.9 Å². The van der Waals surface area contributed by atoms with Gasteiger partial charge >= 0.3 is 0 Å². The van der Waals surface area contributed by atoms with Crippen molar-refractivity contribution in [1.82, 2.24) is 15.3 Å². The second kappa shape index (κ2) is 5.18. The van der Waals surface area contributed by atoms with E-state index < -0.39 is 0 Å². The van der Waals surface area contributed by atoms with E-state index in [-0.39, 0.29) is 17.2 Å². The molecule has 1 saturated carbocycles. The second-order valence-electron chi connectivity index (χ2n) is 5.07. The predicted molar refractivity (Wildman–Crippen MR) is 81.4 cm³/mol. The largest absolute Gasteiger partial charge is 0.358 e. The summed E-state index contributed by atoms with van der Waals surface area (Å²) in [5.74, 6) is 0.602. The van der Waals surface area contributed by atoms with Crippen molar-refractivity contribution < 1.29 is 4.79 Å². The van der Waals surface area contributed by atoms with Crippen molar-refractivity contribution in [1.29, 1.82) is 0 Å². The van der Waals surface area contributed by atoms with E-state index in [2.05, 4.69) is 20.6 Å². The van der Waals surface area contributed by atoms with E-state index in [0.717, 1.165) is 27.9 Å². The minimum atomic E-state index is -0.357. The number of carbonyl (C=O) groups excluding carboxylic acids is 1. The zero-order chi connectivity index (χ0) is 14.3. The van der Waals surface area contributed by atoms with Gasteiger partial charge in [0.15, 0.2) is 0 Å². The third kappa shape index (κ3) is 2.86. The van der Waals surface area contributed by atoms with Crippen molar-refractivity contribution in [3.05, 3.63) is 16.2 Å². The van der Waals surface area contributed by atoms with Gasteiger partial charge in [0.2, 0.25) is 11.2 Å². The number of hydrogen-bond acceptors (Lipinski definition) is 5. The first-order valence-corrected chi connectivity index (χ1v) is 7.73. The first kappa shape index (κ1) is 13.6. The highest BCUT2D eigenvalue weighted by Gasteiger charge is 2.26. The zero-order valence-electron chi connectivity index (χ0n) is 11.2. The van der Waals surface area contributed by atoms with Crippen LogP contribution in [-0.4, -0.2) is 28.0 Å². The fraction of sp³-hybridized carbons (Fsp3) is 0.462. The Labute approximate surface area is 125 Å². The van der Waals surface area contributed by atoms with Gasteiger partial charge < -0.3 is 10.6 Å². The smallest absolute Gasteiger partial charge is 0.242 e. The standard InChI is InChI=1S/C13H15ClN4OS/c1-6-5-9-10(17-13(14)18-12(9)20-6)15-7(2)11(19)16-8-3-4-8/h5,7-8H,3-4H2,1-2H3,(H,16,19)(H,15,17,18). The van der Waals surface area contributed by atoms with E-state index in [1.54, 1.807) is 11.3 Å². The molecule has 1 amide bonds. The SMILES string of the molecule is Cc1cc2c(NC(C)C(=O)NC3CC3)nc(Cl)nc2s1. The van der Waals surface area contributed by atoms with Crippen molar-refractivity contribution in [2.75, 3.05) is 5.32 Å². The Hall–Kier alpha value is -1.40. The lowest BCUT2D eigenvalue weighted by Crippen LogP contribution is -2.38. The lowest BCUT2D eigenvalue weighted by Gasteiger charge is -2.15. The third-order valence-corrected chi connectivity index (χ3v) is 4.27. The number of rotatable bonds is 4. The summed E-state index contributed by atoms with van der Waals surface area (Å²) in [5.41, 5.74) is 0. The molecule has 7 heteroatoms. The average Bonchev–Trinajstić information content (AvgIpc) is 3.09. The Kier molecular flexibility index (Phi) is 3.52. The lowest BCUT2D eigenvalue weighted by molar-refractivity contribution is -0.121. The summed E-state index contributed by atoms with van der Waals surface area (Å²) in [6.45, 7) is 3.83. The van der Waals surface area contributed by atoms with Gasteiger partial charge in [0.05, 0.1) is 5.39 Å². The molecule has 1 aliphatic carbocycles. The van der Waals surface area contributed by atoms with Crippen LogP contribution >= 0.6 is 22.9 Å². The van der Waals surface area contributed by atoms with Crippen molar-refractivity contribution in [2.45, 2.75) is 38.8 Å². The van der Waals surface area contributed by atoms with Crippen LogP contribution in [0, 0.1) is 6.92 Å². The van der Waals surface area contributed by atoms with E-state index in [0.29, 0.717) is 11.9 Å². The maximum Gasteiger partial charge on any atom is 0.242 e. The fourth-order valence-electron chi connectivity index (χ4n) is 1.95. The highest BCUT2D eigenvalue weighted by Crippen LogP contribution is 2.30. The number of aromatic nitrogens is 2. The molecule has 1 fully saturated rings. The first-order valence-electron chi connectivity index (χ1n) is 6.53. The third-order valence-electron chi connectivity index (χ3n) is 3.16. The molecule has 2 aromatic heterocycles. The number of fused-ring (bicyclic) bond motifs is 1. The van der Waals surface area contributed by atoms with E-state index in [1.165, 1.54) is 0 Å². The van der Waals surface area contributed by atoms with Crippen molar-refractivity contribution >= 4 is 44.9 Å². The monoisotopic (exact) mass is 310 g/mol. The molecule has 5 nitrogen and oxygen atoms in total. The van der Waals surface area contributed by atoms with Gasteiger partial charge in [-0.15, -0.1) is 11.3 Å². The highest BCUT2D eigenvalue weighted by atomic mass is 35.5. The number of nitrogens with one attached hydrogen (secondary N) is 2. The molecule has 2 aromatic rings. The number of halogens is 1. The summed E-state index contributed by atoms with van der Waals surface area (Å²) < 4.78 is 0. The molecule has 1 aliphatic rings. The van der Waals surface area contributed by atoms with Gasteiger partial charge in [-0.05, 0) is 44.4 Å². The van der Waals surface area contributed by atoms with E-state index in [1.807, 2.05) is 19.9 Å². The van der Waals surface area contributed by atoms with Gasteiger partial charge in [-0.2, -0.15) is 0 Å². The van der Waals surface area contributed by atoms with Crippen LogP contribution in [0.15, 0.2) is 6.07 Å². The quantitative estimate of drug-likeness (QED) is 0.852.